The molecule has 0 saturated carbocycles. The summed E-state index contributed by atoms with van der Waals surface area (Å²) in [5, 5.41) is 11.9. The van der Waals surface area contributed by atoms with Crippen molar-refractivity contribution >= 4 is 17.8 Å². The van der Waals surface area contributed by atoms with Crippen molar-refractivity contribution in [3.63, 3.8) is 0 Å². The Bertz CT molecular complexity index is 508. The van der Waals surface area contributed by atoms with E-state index in [1.807, 2.05) is 67.6 Å². The Morgan fingerprint density at radius 1 is 0.947 bits per heavy atom. The molecule has 2 aromatic rings. The van der Waals surface area contributed by atoms with Gasteiger partial charge in [0.1, 0.15) is 5.85 Å². The molecule has 0 bridgehead atoms. The topological polar surface area (TPSA) is 37.3 Å². The molecule has 0 aliphatic carbocycles. The lowest BCUT2D eigenvalue weighted by atomic mass is 10.3. The molecule has 1 N–H and O–H groups in total. The van der Waals surface area contributed by atoms with Gasteiger partial charge in [-0.3, -0.25) is 0 Å². The van der Waals surface area contributed by atoms with Gasteiger partial charge in [0.15, 0.2) is 7.14 Å². The van der Waals surface area contributed by atoms with Gasteiger partial charge in [0.25, 0.3) is 0 Å². The maximum Gasteiger partial charge on any atom is 0.170 e. The molecule has 2 rings (SSSR count). The highest BCUT2D eigenvalue weighted by atomic mass is 31.2. The monoisotopic (exact) mass is 274 g/mol. The second kappa shape index (κ2) is 6.18. The van der Waals surface area contributed by atoms with Gasteiger partial charge in [0.05, 0.1) is 0 Å². The minimum atomic E-state index is -2.98. The van der Waals surface area contributed by atoms with Crippen molar-refractivity contribution in [3.05, 3.63) is 60.7 Å². The van der Waals surface area contributed by atoms with Gasteiger partial charge < -0.3 is 9.67 Å². The van der Waals surface area contributed by atoms with Crippen LogP contribution in [0.25, 0.3) is 0 Å². The zero-order chi connectivity index (χ0) is 13.7. The van der Waals surface area contributed by atoms with E-state index in [0.717, 1.165) is 17.0 Å². The molecule has 0 saturated heterocycles. The van der Waals surface area contributed by atoms with Crippen LogP contribution in [0.4, 0.5) is 0 Å². The Morgan fingerprint density at radius 2 is 1.37 bits per heavy atom. The zero-order valence-corrected chi connectivity index (χ0v) is 12.0. The van der Waals surface area contributed by atoms with E-state index < -0.39 is 13.0 Å². The van der Waals surface area contributed by atoms with Crippen LogP contribution in [-0.4, -0.2) is 11.0 Å². The predicted molar refractivity (Wildman–Crippen MR) is 80.7 cm³/mol. The molecule has 0 radical (unpaired) electrons. The lowest BCUT2D eigenvalue weighted by Crippen LogP contribution is -2.25. The number of hydrogen-bond donors (Lipinski definition) is 1. The first-order chi connectivity index (χ1) is 9.19. The molecule has 0 amide bonds. The van der Waals surface area contributed by atoms with Gasteiger partial charge in [-0.15, -0.1) is 0 Å². The van der Waals surface area contributed by atoms with E-state index in [1.54, 1.807) is 0 Å². The normalized spacial score (nSPS) is 13.2. The molecule has 0 fully saturated rings. The fourth-order valence-corrected chi connectivity index (χ4v) is 5.07. The van der Waals surface area contributed by atoms with Crippen LogP contribution < -0.4 is 10.6 Å². The first-order valence-electron chi connectivity index (χ1n) is 6.58. The largest absolute Gasteiger partial charge is 0.385 e. The Kier molecular flexibility index (Phi) is 4.57. The highest BCUT2D eigenvalue weighted by molar-refractivity contribution is 7.79. The Morgan fingerprint density at radius 3 is 1.74 bits per heavy atom. The van der Waals surface area contributed by atoms with Crippen molar-refractivity contribution in [3.8, 4) is 0 Å². The van der Waals surface area contributed by atoms with Gasteiger partial charge in [-0.1, -0.05) is 74.0 Å². The van der Waals surface area contributed by atoms with Crippen LogP contribution in [-0.2, 0) is 4.57 Å². The molecule has 1 atom stereocenters. The van der Waals surface area contributed by atoms with E-state index in [-0.39, 0.29) is 0 Å². The first-order valence-corrected chi connectivity index (χ1v) is 8.36. The summed E-state index contributed by atoms with van der Waals surface area (Å²) in [5.41, 5.74) is 0. The van der Waals surface area contributed by atoms with Gasteiger partial charge in [-0.2, -0.15) is 0 Å². The molecule has 0 aromatic heterocycles. The van der Waals surface area contributed by atoms with E-state index >= 15 is 0 Å². The molecule has 0 heterocycles. The molecule has 0 aliphatic rings. The van der Waals surface area contributed by atoms with Gasteiger partial charge in [-0.05, 0) is 6.42 Å². The summed E-state index contributed by atoms with van der Waals surface area (Å²) in [7, 11) is -2.98. The quantitative estimate of drug-likeness (QED) is 0.851. The zero-order valence-electron chi connectivity index (χ0n) is 11.1. The predicted octanol–water partition coefficient (Wildman–Crippen LogP) is 3.12. The lowest BCUT2D eigenvalue weighted by Gasteiger charge is -2.24. The summed E-state index contributed by atoms with van der Waals surface area (Å²) in [6.07, 6.45) is 1.35. The molecular formula is C16H19O2P. The minimum Gasteiger partial charge on any atom is -0.385 e. The van der Waals surface area contributed by atoms with Crippen molar-refractivity contribution in [1.82, 2.24) is 0 Å². The lowest BCUT2D eigenvalue weighted by molar-refractivity contribution is 0.239. The fourth-order valence-electron chi connectivity index (χ4n) is 2.23. The summed E-state index contributed by atoms with van der Waals surface area (Å²) in [5.74, 6) is -0.817. The van der Waals surface area contributed by atoms with Crippen LogP contribution in [0, 0.1) is 0 Å². The smallest absolute Gasteiger partial charge is 0.170 e. The molecule has 2 aromatic carbocycles. The first kappa shape index (κ1) is 14.0. The standard InChI is InChI=1S/C16H19O2P/c1-2-9-16(17)19(18,14-10-5-3-6-11-14)15-12-7-4-8-13-15/h3-8,10-13,16-17H,2,9H2,1H3/t16-/m0/s1. The SMILES string of the molecule is CCC[C@@H](O)P(=O)(c1ccccc1)c1ccccc1. The van der Waals surface area contributed by atoms with Crippen LogP contribution in [0.5, 0.6) is 0 Å². The van der Waals surface area contributed by atoms with Crippen molar-refractivity contribution < 1.29 is 9.67 Å². The summed E-state index contributed by atoms with van der Waals surface area (Å²) in [6.45, 7) is 1.99. The number of aliphatic hydroxyl groups is 1. The fraction of sp³-hybridized carbons (Fsp3) is 0.250. The van der Waals surface area contributed by atoms with Crippen molar-refractivity contribution in [2.45, 2.75) is 25.6 Å². The average molecular weight is 274 g/mol. The highest BCUT2D eigenvalue weighted by Gasteiger charge is 2.34. The number of benzene rings is 2. The van der Waals surface area contributed by atoms with Gasteiger partial charge in [-0.25, -0.2) is 0 Å². The molecule has 0 spiro atoms. The summed E-state index contributed by atoms with van der Waals surface area (Å²) < 4.78 is 13.5. The molecule has 0 unspecified atom stereocenters. The van der Waals surface area contributed by atoms with Gasteiger partial charge in [0.2, 0.25) is 0 Å². The van der Waals surface area contributed by atoms with Crippen LogP contribution in [0.3, 0.4) is 0 Å². The summed E-state index contributed by atoms with van der Waals surface area (Å²) in [6, 6.07) is 18.6. The molecule has 100 valence electrons. The van der Waals surface area contributed by atoms with E-state index in [0.29, 0.717) is 6.42 Å². The minimum absolute atomic E-state index is 0.543. The van der Waals surface area contributed by atoms with Crippen molar-refractivity contribution in [2.24, 2.45) is 0 Å². The van der Waals surface area contributed by atoms with Gasteiger partial charge >= 0.3 is 0 Å². The third kappa shape index (κ3) is 2.80. The highest BCUT2D eigenvalue weighted by Crippen LogP contribution is 2.48. The van der Waals surface area contributed by atoms with Crippen LogP contribution in [0.15, 0.2) is 60.7 Å². The Balaban J connectivity index is 2.54. The Hall–Kier alpha value is -1.37. The molecular weight excluding hydrogens is 255 g/mol. The maximum atomic E-state index is 13.5. The van der Waals surface area contributed by atoms with E-state index in [1.165, 1.54) is 0 Å². The number of hydrogen-bond acceptors (Lipinski definition) is 2. The molecule has 0 aliphatic heterocycles. The van der Waals surface area contributed by atoms with Crippen molar-refractivity contribution in [1.29, 1.82) is 0 Å². The third-order valence-corrected chi connectivity index (χ3v) is 6.47. The molecule has 2 nitrogen and oxygen atoms in total. The van der Waals surface area contributed by atoms with E-state index in [4.69, 9.17) is 0 Å². The molecule has 3 heteroatoms. The second-order valence-electron chi connectivity index (χ2n) is 4.60. The number of rotatable bonds is 5. The van der Waals surface area contributed by atoms with Crippen LogP contribution >= 0.6 is 7.14 Å². The average Bonchev–Trinajstić information content (AvgIpc) is 2.48. The summed E-state index contributed by atoms with van der Waals surface area (Å²) >= 11 is 0. The maximum absolute atomic E-state index is 13.5. The summed E-state index contributed by atoms with van der Waals surface area (Å²) in [4.78, 5) is 0. The molecule has 19 heavy (non-hydrogen) atoms. The number of aliphatic hydroxyl groups excluding tert-OH is 1. The Labute approximate surface area is 114 Å². The van der Waals surface area contributed by atoms with E-state index in [9.17, 15) is 9.67 Å². The van der Waals surface area contributed by atoms with Gasteiger partial charge in [0, 0.05) is 10.6 Å². The second-order valence-corrected chi connectivity index (χ2v) is 7.54. The van der Waals surface area contributed by atoms with E-state index in [2.05, 4.69) is 0 Å². The van der Waals surface area contributed by atoms with Crippen LogP contribution in [0.1, 0.15) is 19.8 Å². The van der Waals surface area contributed by atoms with Crippen LogP contribution in [0.2, 0.25) is 0 Å². The third-order valence-electron chi connectivity index (χ3n) is 3.25. The van der Waals surface area contributed by atoms with Crippen molar-refractivity contribution in [2.75, 3.05) is 0 Å².